The van der Waals surface area contributed by atoms with Crippen LogP contribution in [0.5, 0.6) is 5.75 Å². The van der Waals surface area contributed by atoms with Gasteiger partial charge in [-0.2, -0.15) is 0 Å². The van der Waals surface area contributed by atoms with Crippen LogP contribution < -0.4 is 10.2 Å². The van der Waals surface area contributed by atoms with Gasteiger partial charge in [0.25, 0.3) is 5.91 Å². The van der Waals surface area contributed by atoms with E-state index in [2.05, 4.69) is 10.2 Å². The van der Waals surface area contributed by atoms with Crippen LogP contribution >= 0.6 is 0 Å². The number of phenolic OH excluding ortho intramolecular Hbond substituents is 1. The first-order valence-electron chi connectivity index (χ1n) is 10.1. The van der Waals surface area contributed by atoms with Crippen LogP contribution in [-0.4, -0.2) is 54.0 Å². The van der Waals surface area contributed by atoms with E-state index in [-0.39, 0.29) is 23.5 Å². The number of phenols is 1. The molecule has 1 heterocycles. The number of aryl methyl sites for hydroxylation is 1. The summed E-state index contributed by atoms with van der Waals surface area (Å²) < 4.78 is 0. The average molecular weight is 396 g/mol. The van der Waals surface area contributed by atoms with E-state index in [4.69, 9.17) is 0 Å². The van der Waals surface area contributed by atoms with Crippen molar-refractivity contribution >= 4 is 17.5 Å². The van der Waals surface area contributed by atoms with Gasteiger partial charge in [0.05, 0.1) is 0 Å². The van der Waals surface area contributed by atoms with Gasteiger partial charge in [-0.05, 0) is 49.2 Å². The third-order valence-electron chi connectivity index (χ3n) is 5.34. The van der Waals surface area contributed by atoms with Crippen LogP contribution in [-0.2, 0) is 4.79 Å². The summed E-state index contributed by atoms with van der Waals surface area (Å²) >= 11 is 0. The summed E-state index contributed by atoms with van der Waals surface area (Å²) in [6.45, 7) is 8.50. The molecule has 1 saturated heterocycles. The highest BCUT2D eigenvalue weighted by Crippen LogP contribution is 2.20. The quantitative estimate of drug-likeness (QED) is 0.817. The van der Waals surface area contributed by atoms with Crippen molar-refractivity contribution in [2.45, 2.75) is 26.8 Å². The molecule has 0 radical (unpaired) electrons. The highest BCUT2D eigenvalue weighted by Gasteiger charge is 2.31. The van der Waals surface area contributed by atoms with Crippen LogP contribution in [0.3, 0.4) is 0 Å². The summed E-state index contributed by atoms with van der Waals surface area (Å²) in [5.41, 5.74) is 2.68. The van der Waals surface area contributed by atoms with Gasteiger partial charge in [0.1, 0.15) is 11.8 Å². The van der Waals surface area contributed by atoms with E-state index in [1.165, 1.54) is 0 Å². The maximum Gasteiger partial charge on any atom is 0.251 e. The molecule has 154 valence electrons. The van der Waals surface area contributed by atoms with Crippen LogP contribution in [0, 0.1) is 12.8 Å². The number of hydrogen-bond donors (Lipinski definition) is 2. The standard InChI is InChI=1S/C23H29N3O3/c1-16(2)21(24-22(28)18-6-4-17(3)5-7-18)23(29)26-14-12-25(13-15-26)19-8-10-20(27)11-9-19/h4-11,16,21,27H,12-15H2,1-3H3,(H,24,28). The fourth-order valence-corrected chi connectivity index (χ4v) is 3.49. The molecule has 6 nitrogen and oxygen atoms in total. The Hall–Kier alpha value is -3.02. The minimum atomic E-state index is -0.552. The van der Waals surface area contributed by atoms with Gasteiger partial charge in [-0.25, -0.2) is 0 Å². The molecule has 0 aromatic heterocycles. The van der Waals surface area contributed by atoms with E-state index in [1.54, 1.807) is 24.3 Å². The van der Waals surface area contributed by atoms with Gasteiger partial charge in [0, 0.05) is 37.4 Å². The van der Waals surface area contributed by atoms with Gasteiger partial charge in [-0.1, -0.05) is 31.5 Å². The molecule has 1 unspecified atom stereocenters. The predicted molar refractivity (Wildman–Crippen MR) is 114 cm³/mol. The zero-order valence-electron chi connectivity index (χ0n) is 17.3. The third kappa shape index (κ3) is 5.08. The topological polar surface area (TPSA) is 72.9 Å². The Morgan fingerprint density at radius 3 is 2.07 bits per heavy atom. The molecule has 3 rings (SSSR count). The van der Waals surface area contributed by atoms with Crippen LogP contribution in [0.4, 0.5) is 5.69 Å². The molecular weight excluding hydrogens is 366 g/mol. The molecule has 1 aliphatic heterocycles. The van der Waals surface area contributed by atoms with Crippen LogP contribution in [0.25, 0.3) is 0 Å². The molecule has 29 heavy (non-hydrogen) atoms. The Labute approximate surface area is 172 Å². The second kappa shape index (κ2) is 8.99. The first-order chi connectivity index (χ1) is 13.8. The summed E-state index contributed by atoms with van der Waals surface area (Å²) in [4.78, 5) is 29.7. The van der Waals surface area contributed by atoms with Gasteiger partial charge in [-0.3, -0.25) is 9.59 Å². The Morgan fingerprint density at radius 1 is 0.931 bits per heavy atom. The summed E-state index contributed by atoms with van der Waals surface area (Å²) in [6, 6.07) is 13.9. The lowest BCUT2D eigenvalue weighted by Crippen LogP contribution is -2.56. The monoisotopic (exact) mass is 395 g/mol. The molecule has 1 fully saturated rings. The highest BCUT2D eigenvalue weighted by molar-refractivity contribution is 5.97. The van der Waals surface area contributed by atoms with Crippen molar-refractivity contribution in [1.82, 2.24) is 10.2 Å². The fourth-order valence-electron chi connectivity index (χ4n) is 3.49. The smallest absolute Gasteiger partial charge is 0.251 e. The lowest BCUT2D eigenvalue weighted by Gasteiger charge is -2.38. The Kier molecular flexibility index (Phi) is 6.42. The second-order valence-electron chi connectivity index (χ2n) is 7.89. The third-order valence-corrected chi connectivity index (χ3v) is 5.34. The first-order valence-corrected chi connectivity index (χ1v) is 10.1. The van der Waals surface area contributed by atoms with Crippen molar-refractivity contribution in [2.24, 2.45) is 5.92 Å². The number of rotatable bonds is 5. The van der Waals surface area contributed by atoms with Crippen LogP contribution in [0.1, 0.15) is 29.8 Å². The fraction of sp³-hybridized carbons (Fsp3) is 0.391. The zero-order valence-corrected chi connectivity index (χ0v) is 17.3. The van der Waals surface area contributed by atoms with Crippen molar-refractivity contribution in [1.29, 1.82) is 0 Å². The normalized spacial score (nSPS) is 15.3. The van der Waals surface area contributed by atoms with Crippen molar-refractivity contribution in [2.75, 3.05) is 31.1 Å². The van der Waals surface area contributed by atoms with Crippen molar-refractivity contribution in [3.8, 4) is 5.75 Å². The van der Waals surface area contributed by atoms with E-state index >= 15 is 0 Å². The molecule has 0 saturated carbocycles. The number of hydrogen-bond acceptors (Lipinski definition) is 4. The molecule has 0 spiro atoms. The van der Waals surface area contributed by atoms with E-state index < -0.39 is 6.04 Å². The van der Waals surface area contributed by atoms with Gasteiger partial charge >= 0.3 is 0 Å². The molecule has 2 N–H and O–H groups in total. The summed E-state index contributed by atoms with van der Waals surface area (Å²) in [5, 5.41) is 12.4. The minimum absolute atomic E-state index is 0.00738. The number of nitrogens with zero attached hydrogens (tertiary/aromatic N) is 2. The molecule has 1 atom stereocenters. The maximum absolute atomic E-state index is 13.1. The van der Waals surface area contributed by atoms with Crippen molar-refractivity contribution in [3.63, 3.8) is 0 Å². The lowest BCUT2D eigenvalue weighted by molar-refractivity contribution is -0.134. The first kappa shape index (κ1) is 20.7. The number of benzene rings is 2. The van der Waals surface area contributed by atoms with E-state index in [0.717, 1.165) is 11.3 Å². The van der Waals surface area contributed by atoms with E-state index in [1.807, 2.05) is 49.9 Å². The number of carbonyl (C=O) groups excluding carboxylic acids is 2. The van der Waals surface area contributed by atoms with Crippen molar-refractivity contribution < 1.29 is 14.7 Å². The Balaban J connectivity index is 1.61. The number of nitrogens with one attached hydrogen (secondary N) is 1. The lowest BCUT2D eigenvalue weighted by atomic mass is 10.0. The van der Waals surface area contributed by atoms with Crippen LogP contribution in [0.2, 0.25) is 0 Å². The van der Waals surface area contributed by atoms with Gasteiger partial charge < -0.3 is 20.2 Å². The zero-order chi connectivity index (χ0) is 21.0. The number of carbonyl (C=O) groups is 2. The molecule has 0 bridgehead atoms. The molecule has 1 aliphatic rings. The molecule has 2 aromatic rings. The van der Waals surface area contributed by atoms with E-state index in [9.17, 15) is 14.7 Å². The number of piperazine rings is 1. The van der Waals surface area contributed by atoms with E-state index in [0.29, 0.717) is 31.7 Å². The van der Waals surface area contributed by atoms with Gasteiger partial charge in [-0.15, -0.1) is 0 Å². The summed E-state index contributed by atoms with van der Waals surface area (Å²) in [6.07, 6.45) is 0. The number of aromatic hydroxyl groups is 1. The molecule has 2 amide bonds. The molecule has 6 heteroatoms. The molecule has 0 aliphatic carbocycles. The highest BCUT2D eigenvalue weighted by atomic mass is 16.3. The average Bonchev–Trinajstić information content (AvgIpc) is 2.72. The van der Waals surface area contributed by atoms with Crippen molar-refractivity contribution in [3.05, 3.63) is 59.7 Å². The Morgan fingerprint density at radius 2 is 1.52 bits per heavy atom. The van der Waals surface area contributed by atoms with Gasteiger partial charge in [0.15, 0.2) is 0 Å². The molecule has 2 aromatic carbocycles. The van der Waals surface area contributed by atoms with Gasteiger partial charge in [0.2, 0.25) is 5.91 Å². The molecular formula is C23H29N3O3. The minimum Gasteiger partial charge on any atom is -0.508 e. The summed E-state index contributed by atoms with van der Waals surface area (Å²) in [7, 11) is 0. The predicted octanol–water partition coefficient (Wildman–Crippen LogP) is 2.80. The Bertz CT molecular complexity index is 839. The summed E-state index contributed by atoms with van der Waals surface area (Å²) in [5.74, 6) is -0.0238. The number of amides is 2. The second-order valence-corrected chi connectivity index (χ2v) is 7.89. The largest absolute Gasteiger partial charge is 0.508 e. The van der Waals surface area contributed by atoms with Crippen LogP contribution in [0.15, 0.2) is 48.5 Å². The SMILES string of the molecule is Cc1ccc(C(=O)NC(C(=O)N2CCN(c3ccc(O)cc3)CC2)C(C)C)cc1. The number of anilines is 1. The maximum atomic E-state index is 13.1.